The molecule has 6 heteroatoms. The van der Waals surface area contributed by atoms with Crippen LogP contribution in [0.2, 0.25) is 0 Å². The maximum absolute atomic E-state index is 13.4. The first-order valence-electron chi connectivity index (χ1n) is 12.0. The lowest BCUT2D eigenvalue weighted by molar-refractivity contribution is 0.0104. The minimum absolute atomic E-state index is 0.00343. The van der Waals surface area contributed by atoms with Crippen molar-refractivity contribution in [3.8, 4) is 0 Å². The molecule has 0 heterocycles. The summed E-state index contributed by atoms with van der Waals surface area (Å²) >= 11 is 0. The van der Waals surface area contributed by atoms with Gasteiger partial charge in [0.1, 0.15) is 11.0 Å². The van der Waals surface area contributed by atoms with Crippen LogP contribution >= 0.6 is 0 Å². The highest BCUT2D eigenvalue weighted by molar-refractivity contribution is 7.86. The van der Waals surface area contributed by atoms with Crippen molar-refractivity contribution >= 4 is 10.1 Å². The smallest absolute Gasteiger partial charge is 0.297 e. The van der Waals surface area contributed by atoms with E-state index in [0.29, 0.717) is 30.4 Å². The maximum atomic E-state index is 13.4. The number of ether oxygens (including phenoxy) is 2. The van der Waals surface area contributed by atoms with Gasteiger partial charge in [-0.2, -0.15) is 8.42 Å². The first kappa shape index (κ1) is 28.1. The Morgan fingerprint density at radius 1 is 0.912 bits per heavy atom. The maximum Gasteiger partial charge on any atom is 0.297 e. The van der Waals surface area contributed by atoms with Crippen molar-refractivity contribution < 1.29 is 22.1 Å². The SMILES string of the molecule is C=CO[C@@H](CCOS(=O)(=O)c1c(C(C)C)cc(C(C)C)cc1C(C)C)COCc1ccccc1. The van der Waals surface area contributed by atoms with Crippen LogP contribution in [0, 0.1) is 0 Å². The third-order valence-corrected chi connectivity index (χ3v) is 7.16. The summed E-state index contributed by atoms with van der Waals surface area (Å²) in [5, 5.41) is 0. The lowest BCUT2D eigenvalue weighted by Gasteiger charge is -2.23. The molecule has 2 rings (SSSR count). The molecule has 0 aliphatic heterocycles. The van der Waals surface area contributed by atoms with E-state index in [9.17, 15) is 8.42 Å². The monoisotopic (exact) mass is 488 g/mol. The molecule has 0 radical (unpaired) electrons. The van der Waals surface area contributed by atoms with Crippen molar-refractivity contribution in [2.75, 3.05) is 13.2 Å². The Morgan fingerprint density at radius 2 is 1.50 bits per heavy atom. The molecule has 34 heavy (non-hydrogen) atoms. The summed E-state index contributed by atoms with van der Waals surface area (Å²) < 4.78 is 43.6. The van der Waals surface area contributed by atoms with Gasteiger partial charge >= 0.3 is 0 Å². The summed E-state index contributed by atoms with van der Waals surface area (Å²) in [6.07, 6.45) is 1.36. The van der Waals surface area contributed by atoms with Gasteiger partial charge in [-0.3, -0.25) is 4.18 Å². The second-order valence-corrected chi connectivity index (χ2v) is 11.0. The second-order valence-electron chi connectivity index (χ2n) is 9.48. The Bertz CT molecular complexity index is 981. The van der Waals surface area contributed by atoms with E-state index >= 15 is 0 Å². The molecule has 2 aromatic carbocycles. The summed E-state index contributed by atoms with van der Waals surface area (Å²) in [5.41, 5.74) is 3.81. The summed E-state index contributed by atoms with van der Waals surface area (Å²) in [6, 6.07) is 13.9. The van der Waals surface area contributed by atoms with Crippen LogP contribution in [0.4, 0.5) is 0 Å². The van der Waals surface area contributed by atoms with Gasteiger partial charge in [-0.05, 0) is 40.0 Å². The van der Waals surface area contributed by atoms with E-state index in [0.717, 1.165) is 22.3 Å². The Hall–Kier alpha value is -2.15. The lowest BCUT2D eigenvalue weighted by Crippen LogP contribution is -2.22. The third-order valence-electron chi connectivity index (χ3n) is 5.71. The van der Waals surface area contributed by atoms with Gasteiger partial charge in [-0.25, -0.2) is 0 Å². The summed E-state index contributed by atoms with van der Waals surface area (Å²) in [7, 11) is -3.95. The highest BCUT2D eigenvalue weighted by Gasteiger charge is 2.28. The predicted molar refractivity (Wildman–Crippen MR) is 138 cm³/mol. The van der Waals surface area contributed by atoms with Crippen LogP contribution in [0.5, 0.6) is 0 Å². The molecule has 0 saturated carbocycles. The molecule has 0 bridgehead atoms. The van der Waals surface area contributed by atoms with Gasteiger partial charge in [0.2, 0.25) is 0 Å². The first-order chi connectivity index (χ1) is 16.1. The van der Waals surface area contributed by atoms with Crippen LogP contribution in [-0.2, 0) is 30.4 Å². The van der Waals surface area contributed by atoms with Gasteiger partial charge in [0.25, 0.3) is 10.1 Å². The molecule has 1 atom stereocenters. The van der Waals surface area contributed by atoms with Crippen molar-refractivity contribution in [3.05, 3.63) is 77.6 Å². The Morgan fingerprint density at radius 3 is 2.00 bits per heavy atom. The summed E-state index contributed by atoms with van der Waals surface area (Å²) in [5.74, 6) is 0.404. The molecular weight excluding hydrogens is 448 g/mol. The van der Waals surface area contributed by atoms with Gasteiger partial charge in [-0.1, -0.05) is 90.6 Å². The van der Waals surface area contributed by atoms with E-state index in [1.165, 1.54) is 6.26 Å². The molecule has 0 spiro atoms. The minimum atomic E-state index is -3.95. The van der Waals surface area contributed by atoms with Crippen molar-refractivity contribution in [1.82, 2.24) is 0 Å². The van der Waals surface area contributed by atoms with Crippen LogP contribution < -0.4 is 0 Å². The van der Waals surface area contributed by atoms with Crippen LogP contribution in [0.3, 0.4) is 0 Å². The zero-order valence-electron chi connectivity index (χ0n) is 21.4. The highest BCUT2D eigenvalue weighted by atomic mass is 32.2. The summed E-state index contributed by atoms with van der Waals surface area (Å²) in [6.45, 7) is 16.7. The average Bonchev–Trinajstić information content (AvgIpc) is 2.78. The van der Waals surface area contributed by atoms with E-state index in [2.05, 4.69) is 20.4 Å². The molecular formula is C28H40O5S. The van der Waals surface area contributed by atoms with Gasteiger partial charge in [0, 0.05) is 6.42 Å². The van der Waals surface area contributed by atoms with E-state index in [-0.39, 0.29) is 24.5 Å². The van der Waals surface area contributed by atoms with Crippen molar-refractivity contribution in [2.24, 2.45) is 0 Å². The third kappa shape index (κ3) is 7.97. The van der Waals surface area contributed by atoms with Gasteiger partial charge in [0.05, 0.1) is 26.1 Å². The molecule has 0 aliphatic carbocycles. The summed E-state index contributed by atoms with van der Waals surface area (Å²) in [4.78, 5) is 0.309. The van der Waals surface area contributed by atoms with E-state index < -0.39 is 10.1 Å². The number of hydrogen-bond donors (Lipinski definition) is 0. The van der Waals surface area contributed by atoms with Gasteiger partial charge in [-0.15, -0.1) is 0 Å². The molecule has 0 amide bonds. The fourth-order valence-corrected chi connectivity index (χ4v) is 5.34. The molecule has 0 aromatic heterocycles. The molecule has 188 valence electrons. The molecule has 0 unspecified atom stereocenters. The highest BCUT2D eigenvalue weighted by Crippen LogP contribution is 2.36. The van der Waals surface area contributed by atoms with Crippen LogP contribution in [-0.4, -0.2) is 27.7 Å². The standard InChI is InChI=1S/C28H40O5S/c1-8-32-25(19-31-18-23-12-10-9-11-13-23)14-15-33-34(29,30)28-26(21(4)5)16-24(20(2)3)17-27(28)22(6)7/h8-13,16-17,20-22,25H,1,14-15,18-19H2,2-7H3/t25-/m0/s1. The van der Waals surface area contributed by atoms with Crippen LogP contribution in [0.1, 0.15) is 88.0 Å². The van der Waals surface area contributed by atoms with Crippen molar-refractivity contribution in [3.63, 3.8) is 0 Å². The van der Waals surface area contributed by atoms with Gasteiger partial charge < -0.3 is 9.47 Å². The second kappa shape index (κ2) is 13.1. The molecule has 0 aliphatic rings. The molecule has 5 nitrogen and oxygen atoms in total. The first-order valence-corrected chi connectivity index (χ1v) is 13.4. The molecule has 0 saturated heterocycles. The normalized spacial score (nSPS) is 13.0. The Kier molecular flexibility index (Phi) is 10.8. The number of benzene rings is 2. The van der Waals surface area contributed by atoms with E-state index in [1.807, 2.05) is 70.2 Å². The Balaban J connectivity index is 2.14. The van der Waals surface area contributed by atoms with Crippen molar-refractivity contribution in [1.29, 1.82) is 0 Å². The quantitative estimate of drug-likeness (QED) is 0.214. The zero-order valence-corrected chi connectivity index (χ0v) is 22.2. The fraction of sp³-hybridized carbons (Fsp3) is 0.500. The average molecular weight is 489 g/mol. The minimum Gasteiger partial charge on any atom is -0.496 e. The van der Waals surface area contributed by atoms with E-state index in [4.69, 9.17) is 13.7 Å². The molecule has 0 fully saturated rings. The topological polar surface area (TPSA) is 61.8 Å². The van der Waals surface area contributed by atoms with Crippen LogP contribution in [0.15, 0.2) is 60.2 Å². The van der Waals surface area contributed by atoms with E-state index in [1.54, 1.807) is 0 Å². The van der Waals surface area contributed by atoms with Gasteiger partial charge in [0.15, 0.2) is 0 Å². The largest absolute Gasteiger partial charge is 0.496 e. The van der Waals surface area contributed by atoms with Crippen LogP contribution in [0.25, 0.3) is 0 Å². The van der Waals surface area contributed by atoms with Crippen molar-refractivity contribution in [2.45, 2.75) is 83.3 Å². The number of rotatable bonds is 14. The predicted octanol–water partition coefficient (Wildman–Crippen LogP) is 6.90. The zero-order chi connectivity index (χ0) is 25.3. The molecule has 0 N–H and O–H groups in total. The molecule has 2 aromatic rings. The lowest BCUT2D eigenvalue weighted by atomic mass is 9.89. The Labute approximate surface area is 206 Å². The fourth-order valence-electron chi connectivity index (χ4n) is 3.74. The number of hydrogen-bond acceptors (Lipinski definition) is 5.